The molecule has 0 spiro atoms. The van der Waals surface area contributed by atoms with E-state index in [1.54, 1.807) is 23.2 Å². The second kappa shape index (κ2) is 5.29. The maximum absolute atomic E-state index is 12.4. The van der Waals surface area contributed by atoms with Crippen molar-refractivity contribution < 1.29 is 9.21 Å². The van der Waals surface area contributed by atoms with Crippen LogP contribution in [0.25, 0.3) is 17.1 Å². The fraction of sp³-hybridized carbons (Fsp3) is 0.312. The van der Waals surface area contributed by atoms with Gasteiger partial charge in [-0.1, -0.05) is 12.8 Å². The molecule has 1 amide bonds. The molecule has 3 aromatic rings. The summed E-state index contributed by atoms with van der Waals surface area (Å²) in [6, 6.07) is 5.76. The standard InChI is InChI=1S/C16H16N4O2/c21-16(19-11-4-1-2-5-11)12-10-18-20-13(7-8-17-15(12)20)14-6-3-9-22-14/h3,6-11H,1-2,4-5H2,(H,19,21). The number of carbonyl (C=O) groups excluding carboxylic acids is 1. The maximum atomic E-state index is 12.4. The Kier molecular flexibility index (Phi) is 3.14. The molecular weight excluding hydrogens is 280 g/mol. The molecule has 1 aliphatic rings. The number of aromatic nitrogens is 3. The number of nitrogens with one attached hydrogen (secondary N) is 1. The summed E-state index contributed by atoms with van der Waals surface area (Å²) < 4.78 is 7.06. The smallest absolute Gasteiger partial charge is 0.256 e. The second-order valence-corrected chi connectivity index (χ2v) is 5.56. The average Bonchev–Trinajstić information content (AvgIpc) is 3.27. The van der Waals surface area contributed by atoms with Crippen molar-refractivity contribution in [3.05, 3.63) is 42.4 Å². The molecule has 0 aromatic carbocycles. The summed E-state index contributed by atoms with van der Waals surface area (Å²) in [5.41, 5.74) is 1.82. The maximum Gasteiger partial charge on any atom is 0.256 e. The van der Waals surface area contributed by atoms with Crippen LogP contribution in [0.15, 0.2) is 41.3 Å². The summed E-state index contributed by atoms with van der Waals surface area (Å²) in [5.74, 6) is 0.587. The van der Waals surface area contributed by atoms with Gasteiger partial charge in [-0.2, -0.15) is 5.10 Å². The van der Waals surface area contributed by atoms with Gasteiger partial charge in [-0.25, -0.2) is 9.50 Å². The molecule has 22 heavy (non-hydrogen) atoms. The Morgan fingerprint density at radius 3 is 2.95 bits per heavy atom. The Balaban J connectivity index is 1.71. The van der Waals surface area contributed by atoms with E-state index in [9.17, 15) is 4.79 Å². The summed E-state index contributed by atoms with van der Waals surface area (Å²) in [6.07, 6.45) is 9.31. The predicted molar refractivity (Wildman–Crippen MR) is 80.4 cm³/mol. The van der Waals surface area contributed by atoms with Crippen LogP contribution in [-0.2, 0) is 0 Å². The third-order valence-electron chi connectivity index (χ3n) is 4.11. The van der Waals surface area contributed by atoms with E-state index in [4.69, 9.17) is 4.42 Å². The van der Waals surface area contributed by atoms with Crippen LogP contribution in [0.4, 0.5) is 0 Å². The highest BCUT2D eigenvalue weighted by Crippen LogP contribution is 2.22. The van der Waals surface area contributed by atoms with Crippen LogP contribution in [0.5, 0.6) is 0 Å². The Morgan fingerprint density at radius 2 is 2.18 bits per heavy atom. The van der Waals surface area contributed by atoms with E-state index in [1.165, 1.54) is 12.8 Å². The van der Waals surface area contributed by atoms with Gasteiger partial charge < -0.3 is 9.73 Å². The number of nitrogens with zero attached hydrogens (tertiary/aromatic N) is 3. The van der Waals surface area contributed by atoms with E-state index < -0.39 is 0 Å². The van der Waals surface area contributed by atoms with E-state index in [0.29, 0.717) is 17.0 Å². The lowest BCUT2D eigenvalue weighted by molar-refractivity contribution is 0.0939. The van der Waals surface area contributed by atoms with Crippen LogP contribution in [0.1, 0.15) is 36.0 Å². The zero-order chi connectivity index (χ0) is 14.9. The number of rotatable bonds is 3. The van der Waals surface area contributed by atoms with Crippen LogP contribution in [0.3, 0.4) is 0 Å². The van der Waals surface area contributed by atoms with E-state index in [2.05, 4.69) is 15.4 Å². The van der Waals surface area contributed by atoms with Gasteiger partial charge in [-0.15, -0.1) is 0 Å². The van der Waals surface area contributed by atoms with E-state index in [1.807, 2.05) is 18.2 Å². The molecule has 1 aliphatic carbocycles. The van der Waals surface area contributed by atoms with Gasteiger partial charge in [-0.05, 0) is 31.0 Å². The quantitative estimate of drug-likeness (QED) is 0.806. The molecule has 1 fully saturated rings. The molecule has 4 rings (SSSR count). The molecule has 3 heterocycles. The Hall–Kier alpha value is -2.63. The molecule has 6 heteroatoms. The molecule has 0 atom stereocenters. The monoisotopic (exact) mass is 296 g/mol. The van der Waals surface area contributed by atoms with Crippen LogP contribution in [0.2, 0.25) is 0 Å². The molecule has 0 unspecified atom stereocenters. The highest BCUT2D eigenvalue weighted by atomic mass is 16.3. The van der Waals surface area contributed by atoms with Crippen LogP contribution >= 0.6 is 0 Å². The molecule has 0 saturated heterocycles. The summed E-state index contributed by atoms with van der Waals surface area (Å²) in [5, 5.41) is 7.38. The van der Waals surface area contributed by atoms with Crippen molar-refractivity contribution in [2.75, 3.05) is 0 Å². The number of carbonyl (C=O) groups is 1. The average molecular weight is 296 g/mol. The number of fused-ring (bicyclic) bond motifs is 1. The summed E-state index contributed by atoms with van der Waals surface area (Å²) >= 11 is 0. The van der Waals surface area contributed by atoms with Gasteiger partial charge in [-0.3, -0.25) is 4.79 Å². The first-order valence-electron chi connectivity index (χ1n) is 7.50. The Bertz CT molecular complexity index is 801. The van der Waals surface area contributed by atoms with Gasteiger partial charge in [0.05, 0.1) is 12.5 Å². The van der Waals surface area contributed by atoms with Gasteiger partial charge in [0, 0.05) is 12.2 Å². The predicted octanol–water partition coefficient (Wildman–Crippen LogP) is 2.66. The minimum Gasteiger partial charge on any atom is -0.463 e. The number of furan rings is 1. The number of hydrogen-bond donors (Lipinski definition) is 1. The van der Waals surface area contributed by atoms with Gasteiger partial charge in [0.25, 0.3) is 5.91 Å². The van der Waals surface area contributed by atoms with Crippen LogP contribution in [-0.4, -0.2) is 26.5 Å². The molecule has 0 aliphatic heterocycles. The zero-order valence-corrected chi connectivity index (χ0v) is 12.0. The van der Waals surface area contributed by atoms with E-state index in [0.717, 1.165) is 18.5 Å². The third-order valence-corrected chi connectivity index (χ3v) is 4.11. The fourth-order valence-corrected chi connectivity index (χ4v) is 3.00. The first-order valence-corrected chi connectivity index (χ1v) is 7.50. The molecule has 6 nitrogen and oxygen atoms in total. The first-order chi connectivity index (χ1) is 10.8. The highest BCUT2D eigenvalue weighted by Gasteiger charge is 2.21. The SMILES string of the molecule is O=C(NC1CCCC1)c1cnn2c(-c3ccco3)ccnc12. The summed E-state index contributed by atoms with van der Waals surface area (Å²) in [4.78, 5) is 16.8. The Labute approximate surface area is 127 Å². The lowest BCUT2D eigenvalue weighted by atomic mass is 10.2. The molecule has 112 valence electrons. The van der Waals surface area contributed by atoms with Crippen LogP contribution < -0.4 is 5.32 Å². The molecule has 3 aromatic heterocycles. The van der Waals surface area contributed by atoms with Gasteiger partial charge in [0.1, 0.15) is 11.3 Å². The zero-order valence-electron chi connectivity index (χ0n) is 12.0. The van der Waals surface area contributed by atoms with Crippen molar-refractivity contribution in [2.24, 2.45) is 0 Å². The van der Waals surface area contributed by atoms with Crippen molar-refractivity contribution in [2.45, 2.75) is 31.7 Å². The Morgan fingerprint density at radius 1 is 1.32 bits per heavy atom. The van der Waals surface area contributed by atoms with Crippen molar-refractivity contribution >= 4 is 11.6 Å². The lowest BCUT2D eigenvalue weighted by Crippen LogP contribution is -2.32. The van der Waals surface area contributed by atoms with E-state index in [-0.39, 0.29) is 11.9 Å². The summed E-state index contributed by atoms with van der Waals surface area (Å²) in [7, 11) is 0. The second-order valence-electron chi connectivity index (χ2n) is 5.56. The number of amides is 1. The molecule has 1 saturated carbocycles. The number of hydrogen-bond acceptors (Lipinski definition) is 4. The topological polar surface area (TPSA) is 72.4 Å². The highest BCUT2D eigenvalue weighted by molar-refractivity contribution is 6.00. The van der Waals surface area contributed by atoms with E-state index >= 15 is 0 Å². The molecule has 1 N–H and O–H groups in total. The lowest BCUT2D eigenvalue weighted by Gasteiger charge is -2.10. The fourth-order valence-electron chi connectivity index (χ4n) is 3.00. The van der Waals surface area contributed by atoms with Gasteiger partial charge >= 0.3 is 0 Å². The largest absolute Gasteiger partial charge is 0.463 e. The molecule has 0 bridgehead atoms. The van der Waals surface area contributed by atoms with Crippen LogP contribution in [0, 0.1) is 0 Å². The third kappa shape index (κ3) is 2.16. The minimum atomic E-state index is -0.106. The van der Waals surface area contributed by atoms with Crippen molar-refractivity contribution in [1.29, 1.82) is 0 Å². The molecule has 0 radical (unpaired) electrons. The first kappa shape index (κ1) is 13.1. The minimum absolute atomic E-state index is 0.106. The molecular formula is C16H16N4O2. The van der Waals surface area contributed by atoms with Crippen molar-refractivity contribution in [3.8, 4) is 11.5 Å². The summed E-state index contributed by atoms with van der Waals surface area (Å²) in [6.45, 7) is 0. The van der Waals surface area contributed by atoms with Crippen molar-refractivity contribution in [1.82, 2.24) is 19.9 Å². The van der Waals surface area contributed by atoms with Gasteiger partial charge in [0.15, 0.2) is 11.4 Å². The normalized spacial score (nSPS) is 15.5. The van der Waals surface area contributed by atoms with Gasteiger partial charge in [0.2, 0.25) is 0 Å². The van der Waals surface area contributed by atoms with Crippen molar-refractivity contribution in [3.63, 3.8) is 0 Å².